The van der Waals surface area contributed by atoms with Crippen molar-refractivity contribution < 1.29 is 0 Å². The number of aromatic nitrogens is 2. The number of thiophene rings is 2. The van der Waals surface area contributed by atoms with Gasteiger partial charge in [0.05, 0.1) is 33.9 Å². The zero-order chi connectivity index (χ0) is 16.1. The average Bonchev–Trinajstić information content (AvgIpc) is 3.24. The van der Waals surface area contributed by atoms with Crippen LogP contribution < -0.4 is 0 Å². The molecule has 110 valence electrons. The van der Waals surface area contributed by atoms with Crippen molar-refractivity contribution in [2.45, 2.75) is 0 Å². The number of nitrogens with zero attached hydrogens (tertiary/aromatic N) is 2. The fourth-order valence-electron chi connectivity index (χ4n) is 1.89. The molecular formula is C18H10N2S3. The molecule has 0 atom stereocenters. The van der Waals surface area contributed by atoms with Crippen LogP contribution in [0.25, 0.3) is 20.9 Å². The molecular weight excluding hydrogens is 340 g/mol. The molecule has 0 amide bonds. The summed E-state index contributed by atoms with van der Waals surface area (Å²) in [6, 6.07) is 11.9. The molecule has 0 N–H and O–H groups in total. The summed E-state index contributed by atoms with van der Waals surface area (Å²) >= 11 is 4.29. The molecule has 0 unspecified atom stereocenters. The molecule has 3 rings (SSSR count). The molecule has 0 aliphatic rings. The maximum Gasteiger partial charge on any atom is 0.0772 e. The molecule has 0 radical (unpaired) electrons. The minimum absolute atomic E-state index is 0.902. The quantitative estimate of drug-likeness (QED) is 0.602. The molecule has 3 aromatic heterocycles. The van der Waals surface area contributed by atoms with Crippen molar-refractivity contribution in [1.29, 1.82) is 0 Å². The lowest BCUT2D eigenvalue weighted by Gasteiger charge is -1.93. The van der Waals surface area contributed by atoms with Gasteiger partial charge in [-0.2, -0.15) is 8.75 Å². The number of terminal acetylenes is 2. The second-order valence-electron chi connectivity index (χ2n) is 4.41. The molecule has 0 aliphatic carbocycles. The van der Waals surface area contributed by atoms with Gasteiger partial charge in [-0.3, -0.25) is 0 Å². The maximum atomic E-state index is 5.44. The zero-order valence-corrected chi connectivity index (χ0v) is 14.3. The molecule has 0 spiro atoms. The Labute approximate surface area is 147 Å². The van der Waals surface area contributed by atoms with Crippen LogP contribution in [0, 0.1) is 24.7 Å². The lowest BCUT2D eigenvalue weighted by molar-refractivity contribution is 1.49. The van der Waals surface area contributed by atoms with Crippen LogP contribution in [0.15, 0.2) is 48.8 Å². The van der Waals surface area contributed by atoms with Crippen LogP contribution >= 0.6 is 34.4 Å². The van der Waals surface area contributed by atoms with Gasteiger partial charge in [-0.25, -0.2) is 0 Å². The normalized spacial score (nSPS) is 9.65. The summed E-state index contributed by atoms with van der Waals surface area (Å²) in [5, 5.41) is 0. The molecule has 3 heterocycles. The molecule has 23 heavy (non-hydrogen) atoms. The first kappa shape index (κ1) is 15.5. The Balaban J connectivity index is 2.09. The predicted octanol–water partition coefficient (Wildman–Crippen LogP) is 5.08. The van der Waals surface area contributed by atoms with Crippen LogP contribution in [0.4, 0.5) is 0 Å². The van der Waals surface area contributed by atoms with Gasteiger partial charge in [-0.1, -0.05) is 24.0 Å². The van der Waals surface area contributed by atoms with Crippen molar-refractivity contribution in [3.8, 4) is 45.6 Å². The molecule has 0 fully saturated rings. The Bertz CT molecular complexity index is 885. The topological polar surface area (TPSA) is 25.8 Å². The van der Waals surface area contributed by atoms with Gasteiger partial charge in [0, 0.05) is 20.9 Å². The number of hydrogen-bond donors (Lipinski definition) is 0. The van der Waals surface area contributed by atoms with Crippen molar-refractivity contribution in [2.24, 2.45) is 0 Å². The standard InChI is InChI=1S/C18H10N2S3/c1-3-15-7-9-17(21-15)13-5-6-14(12-20-23-19-11-13)18-10-8-16(4-2)22-18/h1-2,5-12H. The second-order valence-corrected chi connectivity index (χ2v) is 7.16. The first-order valence-electron chi connectivity index (χ1n) is 6.58. The fraction of sp³-hybridized carbons (Fsp3) is 0. The molecule has 0 saturated carbocycles. The van der Waals surface area contributed by atoms with E-state index < -0.39 is 0 Å². The molecule has 2 nitrogen and oxygen atoms in total. The van der Waals surface area contributed by atoms with Crippen molar-refractivity contribution in [3.63, 3.8) is 0 Å². The Kier molecular flexibility index (Phi) is 4.85. The van der Waals surface area contributed by atoms with Crippen LogP contribution in [0.1, 0.15) is 9.75 Å². The van der Waals surface area contributed by atoms with Gasteiger partial charge in [0.15, 0.2) is 0 Å². The molecule has 0 aromatic carbocycles. The van der Waals surface area contributed by atoms with E-state index in [9.17, 15) is 0 Å². The highest BCUT2D eigenvalue weighted by atomic mass is 32.1. The molecule has 3 aromatic rings. The Morgan fingerprint density at radius 1 is 0.696 bits per heavy atom. The highest BCUT2D eigenvalue weighted by molar-refractivity contribution is 7.16. The van der Waals surface area contributed by atoms with E-state index in [0.717, 1.165) is 42.4 Å². The van der Waals surface area contributed by atoms with E-state index in [1.165, 1.54) is 0 Å². The summed E-state index contributed by atoms with van der Waals surface area (Å²) in [7, 11) is 0. The van der Waals surface area contributed by atoms with Crippen LogP contribution in [-0.4, -0.2) is 8.75 Å². The predicted molar refractivity (Wildman–Crippen MR) is 100 cm³/mol. The van der Waals surface area contributed by atoms with E-state index in [-0.39, 0.29) is 0 Å². The molecule has 0 saturated heterocycles. The number of rotatable bonds is 2. The Hall–Kier alpha value is -2.44. The van der Waals surface area contributed by atoms with E-state index in [4.69, 9.17) is 12.8 Å². The molecule has 0 aliphatic heterocycles. The maximum absolute atomic E-state index is 5.44. The zero-order valence-electron chi connectivity index (χ0n) is 11.9. The van der Waals surface area contributed by atoms with Gasteiger partial charge in [0.1, 0.15) is 0 Å². The minimum Gasteiger partial charge on any atom is -0.183 e. The number of hydrogen-bond acceptors (Lipinski definition) is 5. The third-order valence-corrected chi connectivity index (χ3v) is 5.52. The summed E-state index contributed by atoms with van der Waals surface area (Å²) in [6.07, 6.45) is 14.5. The third kappa shape index (κ3) is 3.67. The van der Waals surface area contributed by atoms with Gasteiger partial charge in [0.2, 0.25) is 0 Å². The van der Waals surface area contributed by atoms with Crippen LogP contribution in [0.5, 0.6) is 0 Å². The van der Waals surface area contributed by atoms with Crippen LogP contribution in [0.2, 0.25) is 0 Å². The summed E-state index contributed by atoms with van der Waals surface area (Å²) in [5.74, 6) is 5.31. The van der Waals surface area contributed by atoms with E-state index in [1.54, 1.807) is 35.1 Å². The van der Waals surface area contributed by atoms with Gasteiger partial charge in [0.25, 0.3) is 0 Å². The molecule has 5 heteroatoms. The Morgan fingerprint density at radius 2 is 1.17 bits per heavy atom. The summed E-state index contributed by atoms with van der Waals surface area (Å²) in [5.41, 5.74) is 2.00. The van der Waals surface area contributed by atoms with E-state index in [0.29, 0.717) is 0 Å². The van der Waals surface area contributed by atoms with Gasteiger partial charge in [-0.05, 0) is 24.3 Å². The van der Waals surface area contributed by atoms with E-state index >= 15 is 0 Å². The molecule has 0 bridgehead atoms. The van der Waals surface area contributed by atoms with Crippen molar-refractivity contribution in [3.05, 3.63) is 58.5 Å². The lowest BCUT2D eigenvalue weighted by atomic mass is 10.2. The van der Waals surface area contributed by atoms with E-state index in [2.05, 4.69) is 20.6 Å². The fourth-order valence-corrected chi connectivity index (χ4v) is 3.88. The third-order valence-electron chi connectivity index (χ3n) is 2.99. The largest absolute Gasteiger partial charge is 0.183 e. The van der Waals surface area contributed by atoms with Crippen molar-refractivity contribution in [1.82, 2.24) is 8.75 Å². The highest BCUT2D eigenvalue weighted by Gasteiger charge is 2.03. The SMILES string of the molecule is C#Cc1ccc(-c2ccc(-c3ccc(C#C)s3)cnsnc2)s1. The smallest absolute Gasteiger partial charge is 0.0772 e. The van der Waals surface area contributed by atoms with Crippen LogP contribution in [-0.2, 0) is 0 Å². The van der Waals surface area contributed by atoms with Gasteiger partial charge < -0.3 is 0 Å². The van der Waals surface area contributed by atoms with Crippen molar-refractivity contribution in [2.75, 3.05) is 0 Å². The summed E-state index contributed by atoms with van der Waals surface area (Å²) in [6.45, 7) is 0. The summed E-state index contributed by atoms with van der Waals surface area (Å²) < 4.78 is 8.50. The average molecular weight is 350 g/mol. The monoisotopic (exact) mass is 350 g/mol. The second kappa shape index (κ2) is 7.21. The van der Waals surface area contributed by atoms with Crippen molar-refractivity contribution >= 4 is 34.4 Å². The van der Waals surface area contributed by atoms with Crippen LogP contribution in [0.3, 0.4) is 0 Å². The summed E-state index contributed by atoms with van der Waals surface area (Å²) in [4.78, 5) is 3.96. The Morgan fingerprint density at radius 3 is 1.57 bits per heavy atom. The van der Waals surface area contributed by atoms with E-state index in [1.807, 2.05) is 36.4 Å². The first-order valence-corrected chi connectivity index (χ1v) is 8.95. The first-order chi connectivity index (χ1) is 11.3. The lowest BCUT2D eigenvalue weighted by Crippen LogP contribution is -1.69. The van der Waals surface area contributed by atoms with Gasteiger partial charge >= 0.3 is 0 Å². The highest BCUT2D eigenvalue weighted by Crippen LogP contribution is 2.29. The van der Waals surface area contributed by atoms with Gasteiger partial charge in [-0.15, -0.1) is 35.5 Å². The minimum atomic E-state index is 0.902.